The Kier molecular flexibility index (Phi) is 4.49. The Balaban J connectivity index is 1.92. The second-order valence-electron chi connectivity index (χ2n) is 4.15. The van der Waals surface area contributed by atoms with Crippen LogP contribution in [0.2, 0.25) is 5.15 Å². The number of hydrogen-bond acceptors (Lipinski definition) is 4. The first kappa shape index (κ1) is 13.2. The predicted molar refractivity (Wildman–Crippen MR) is 63.0 cm³/mol. The summed E-state index contributed by atoms with van der Waals surface area (Å²) < 4.78 is 23.3. The van der Waals surface area contributed by atoms with E-state index >= 15 is 0 Å². The van der Waals surface area contributed by atoms with Gasteiger partial charge in [0.1, 0.15) is 11.0 Å². The van der Waals surface area contributed by atoms with Gasteiger partial charge in [0.2, 0.25) is 0 Å². The number of carbonyl (C=O) groups is 1. The minimum absolute atomic E-state index is 0.0382. The molecule has 1 aliphatic rings. The zero-order valence-corrected chi connectivity index (χ0v) is 10.5. The van der Waals surface area contributed by atoms with Crippen LogP contribution in [0.15, 0.2) is 12.3 Å². The van der Waals surface area contributed by atoms with Crippen LogP contribution in [0.25, 0.3) is 0 Å². The molecule has 2 heterocycles. The topological polar surface area (TPSA) is 48.4 Å². The molecular weight excluding hydrogens is 261 g/mol. The predicted octanol–water partition coefficient (Wildman–Crippen LogP) is 2.46. The van der Waals surface area contributed by atoms with Gasteiger partial charge < -0.3 is 9.47 Å². The van der Waals surface area contributed by atoms with E-state index in [1.165, 1.54) is 0 Å². The minimum atomic E-state index is -0.640. The molecule has 18 heavy (non-hydrogen) atoms. The Morgan fingerprint density at radius 3 is 3.00 bits per heavy atom. The highest BCUT2D eigenvalue weighted by Gasteiger charge is 2.19. The summed E-state index contributed by atoms with van der Waals surface area (Å²) in [7, 11) is 0. The number of nitrogens with zero attached hydrogens (tertiary/aromatic N) is 1. The first-order valence-corrected chi connectivity index (χ1v) is 6.10. The number of rotatable bonds is 3. The van der Waals surface area contributed by atoms with Gasteiger partial charge in [-0.1, -0.05) is 11.6 Å². The van der Waals surface area contributed by atoms with Crippen molar-refractivity contribution in [3.63, 3.8) is 0 Å². The molecule has 0 N–H and O–H groups in total. The molecule has 1 saturated heterocycles. The van der Waals surface area contributed by atoms with Crippen LogP contribution in [-0.4, -0.2) is 30.8 Å². The summed E-state index contributed by atoms with van der Waals surface area (Å²) in [5, 5.41) is -0.0478. The number of carbonyl (C=O) groups excluding carboxylic acids is 1. The largest absolute Gasteiger partial charge is 0.462 e. The number of esters is 1. The second kappa shape index (κ2) is 6.11. The fourth-order valence-electron chi connectivity index (χ4n) is 1.75. The van der Waals surface area contributed by atoms with Gasteiger partial charge in [-0.15, -0.1) is 0 Å². The molecule has 6 heteroatoms. The molecular formula is C12H13ClFNO3. The third-order valence-corrected chi connectivity index (χ3v) is 3.12. The normalized spacial score (nSPS) is 16.6. The summed E-state index contributed by atoms with van der Waals surface area (Å²) in [5.41, 5.74) is -0.0382. The molecule has 0 unspecified atom stereocenters. The molecule has 0 bridgehead atoms. The van der Waals surface area contributed by atoms with E-state index in [0.29, 0.717) is 25.7 Å². The number of pyridine rings is 1. The Hall–Kier alpha value is -1.20. The lowest BCUT2D eigenvalue weighted by Gasteiger charge is -2.21. The summed E-state index contributed by atoms with van der Waals surface area (Å²) in [5.74, 6) is -0.959. The first-order chi connectivity index (χ1) is 8.66. The van der Waals surface area contributed by atoms with Crippen LogP contribution in [0.4, 0.5) is 4.39 Å². The molecule has 1 aromatic rings. The van der Waals surface area contributed by atoms with Gasteiger partial charge in [0.25, 0.3) is 0 Å². The molecule has 0 aromatic carbocycles. The van der Waals surface area contributed by atoms with Gasteiger partial charge in [-0.05, 0) is 24.8 Å². The highest BCUT2D eigenvalue weighted by molar-refractivity contribution is 6.32. The van der Waals surface area contributed by atoms with Crippen LogP contribution < -0.4 is 0 Å². The average molecular weight is 274 g/mol. The minimum Gasteiger partial charge on any atom is -0.462 e. The Bertz CT molecular complexity index is 435. The number of aromatic nitrogens is 1. The summed E-state index contributed by atoms with van der Waals surface area (Å²) in [6.07, 6.45) is 2.68. The van der Waals surface area contributed by atoms with Gasteiger partial charge in [0.05, 0.1) is 18.4 Å². The Labute approximate surface area is 109 Å². The van der Waals surface area contributed by atoms with Gasteiger partial charge in [-0.3, -0.25) is 0 Å². The van der Waals surface area contributed by atoms with Crippen molar-refractivity contribution in [3.05, 3.63) is 28.8 Å². The van der Waals surface area contributed by atoms with Crippen molar-refractivity contribution in [2.45, 2.75) is 12.8 Å². The highest BCUT2D eigenvalue weighted by Crippen LogP contribution is 2.18. The van der Waals surface area contributed by atoms with Crippen molar-refractivity contribution in [2.75, 3.05) is 19.8 Å². The summed E-state index contributed by atoms with van der Waals surface area (Å²) >= 11 is 5.71. The van der Waals surface area contributed by atoms with Crippen LogP contribution >= 0.6 is 11.6 Å². The van der Waals surface area contributed by atoms with E-state index in [9.17, 15) is 9.18 Å². The van der Waals surface area contributed by atoms with Gasteiger partial charge in [0.15, 0.2) is 0 Å². The first-order valence-electron chi connectivity index (χ1n) is 5.72. The van der Waals surface area contributed by atoms with Crippen LogP contribution in [0.5, 0.6) is 0 Å². The van der Waals surface area contributed by atoms with E-state index in [1.54, 1.807) is 0 Å². The summed E-state index contributed by atoms with van der Waals surface area (Å²) in [6, 6.07) is 1.03. The van der Waals surface area contributed by atoms with Crippen molar-refractivity contribution in [2.24, 2.45) is 5.92 Å². The van der Waals surface area contributed by atoms with Crippen molar-refractivity contribution >= 4 is 17.6 Å². The van der Waals surface area contributed by atoms with Gasteiger partial charge in [-0.25, -0.2) is 14.2 Å². The molecule has 0 atom stereocenters. The molecule has 4 nitrogen and oxygen atoms in total. The van der Waals surface area contributed by atoms with Crippen molar-refractivity contribution in [1.82, 2.24) is 4.98 Å². The molecule has 1 fully saturated rings. The van der Waals surface area contributed by atoms with Crippen molar-refractivity contribution in [3.8, 4) is 0 Å². The maximum atomic E-state index is 13.0. The second-order valence-corrected chi connectivity index (χ2v) is 4.50. The number of ether oxygens (including phenoxy) is 2. The smallest absolute Gasteiger partial charge is 0.341 e. The molecule has 2 rings (SSSR count). The van der Waals surface area contributed by atoms with Gasteiger partial charge in [-0.2, -0.15) is 0 Å². The molecule has 1 aliphatic heterocycles. The maximum absolute atomic E-state index is 13.0. The number of hydrogen-bond donors (Lipinski definition) is 0. The Morgan fingerprint density at radius 1 is 1.56 bits per heavy atom. The SMILES string of the molecule is O=C(OCC1CCOCC1)c1cc(F)cnc1Cl. The monoisotopic (exact) mass is 273 g/mol. The lowest BCUT2D eigenvalue weighted by molar-refractivity contribution is 0.0185. The lowest BCUT2D eigenvalue weighted by Crippen LogP contribution is -2.22. The molecule has 0 spiro atoms. The van der Waals surface area contributed by atoms with Crippen molar-refractivity contribution < 1.29 is 18.7 Å². The van der Waals surface area contributed by atoms with Crippen LogP contribution in [0, 0.1) is 11.7 Å². The van der Waals surface area contributed by atoms with Crippen LogP contribution in [0.3, 0.4) is 0 Å². The van der Waals surface area contributed by atoms with E-state index < -0.39 is 11.8 Å². The molecule has 98 valence electrons. The standard InChI is InChI=1S/C12H13ClFNO3/c13-11-10(5-9(14)6-15-11)12(16)18-7-8-1-3-17-4-2-8/h5-6,8H,1-4,7H2. The quantitative estimate of drug-likeness (QED) is 0.627. The molecule has 0 aliphatic carbocycles. The zero-order chi connectivity index (χ0) is 13.0. The van der Waals surface area contributed by atoms with E-state index in [0.717, 1.165) is 25.1 Å². The maximum Gasteiger partial charge on any atom is 0.341 e. The van der Waals surface area contributed by atoms with Gasteiger partial charge >= 0.3 is 5.97 Å². The average Bonchev–Trinajstić information content (AvgIpc) is 2.40. The highest BCUT2D eigenvalue weighted by atomic mass is 35.5. The van der Waals surface area contributed by atoms with E-state index in [1.807, 2.05) is 0 Å². The van der Waals surface area contributed by atoms with E-state index in [-0.39, 0.29) is 10.7 Å². The zero-order valence-electron chi connectivity index (χ0n) is 9.70. The third-order valence-electron chi connectivity index (χ3n) is 2.82. The lowest BCUT2D eigenvalue weighted by atomic mass is 10.0. The summed E-state index contributed by atoms with van der Waals surface area (Å²) in [6.45, 7) is 1.67. The molecule has 0 saturated carbocycles. The molecule has 0 radical (unpaired) electrons. The van der Waals surface area contributed by atoms with E-state index in [4.69, 9.17) is 21.1 Å². The third kappa shape index (κ3) is 3.40. The van der Waals surface area contributed by atoms with Crippen molar-refractivity contribution in [1.29, 1.82) is 0 Å². The molecule has 1 aromatic heterocycles. The summed E-state index contributed by atoms with van der Waals surface area (Å²) in [4.78, 5) is 15.3. The molecule has 0 amide bonds. The fraction of sp³-hybridized carbons (Fsp3) is 0.500. The van der Waals surface area contributed by atoms with Gasteiger partial charge in [0, 0.05) is 13.2 Å². The van der Waals surface area contributed by atoms with Crippen LogP contribution in [-0.2, 0) is 9.47 Å². The fourth-order valence-corrected chi connectivity index (χ4v) is 1.93. The number of halogens is 2. The Morgan fingerprint density at radius 2 is 2.28 bits per heavy atom. The van der Waals surface area contributed by atoms with Crippen LogP contribution in [0.1, 0.15) is 23.2 Å². The van der Waals surface area contributed by atoms with E-state index in [2.05, 4.69) is 4.98 Å².